The second-order valence-electron chi connectivity index (χ2n) is 4.45. The molecular formula is C16H14O6. The summed E-state index contributed by atoms with van der Waals surface area (Å²) in [7, 11) is 1.56. The molecule has 0 aliphatic rings. The van der Waals surface area contributed by atoms with Gasteiger partial charge in [0.1, 0.15) is 11.5 Å². The number of benzene rings is 1. The Kier molecular flexibility index (Phi) is 4.63. The number of carbonyl (C=O) groups is 2. The van der Waals surface area contributed by atoms with Crippen LogP contribution in [0.5, 0.6) is 5.75 Å². The molecule has 114 valence electrons. The molecule has 0 unspecified atom stereocenters. The van der Waals surface area contributed by atoms with Crippen molar-refractivity contribution in [1.82, 2.24) is 0 Å². The van der Waals surface area contributed by atoms with Crippen molar-refractivity contribution in [2.45, 2.75) is 6.42 Å². The molecule has 6 heteroatoms. The van der Waals surface area contributed by atoms with E-state index < -0.39 is 17.5 Å². The molecular weight excluding hydrogens is 288 g/mol. The summed E-state index contributed by atoms with van der Waals surface area (Å²) in [5.74, 6) is -2.14. The summed E-state index contributed by atoms with van der Waals surface area (Å²) >= 11 is 0. The van der Waals surface area contributed by atoms with Gasteiger partial charge in [0, 0.05) is 18.1 Å². The number of carbonyl (C=O) groups excluding carboxylic acids is 1. The Morgan fingerprint density at radius 2 is 1.91 bits per heavy atom. The molecule has 1 aromatic heterocycles. The number of hydrogen-bond acceptors (Lipinski definition) is 5. The van der Waals surface area contributed by atoms with Crippen molar-refractivity contribution < 1.29 is 29.0 Å². The van der Waals surface area contributed by atoms with Gasteiger partial charge in [-0.05, 0) is 18.2 Å². The normalized spacial score (nSPS) is 11.2. The molecule has 0 aliphatic carbocycles. The minimum Gasteiger partial charge on any atom is -0.502 e. The van der Waals surface area contributed by atoms with Gasteiger partial charge in [-0.15, -0.1) is 0 Å². The number of para-hydroxylation sites is 1. The summed E-state index contributed by atoms with van der Waals surface area (Å²) in [5.41, 5.74) is 0.891. The van der Waals surface area contributed by atoms with Crippen molar-refractivity contribution in [3.63, 3.8) is 0 Å². The third-order valence-electron chi connectivity index (χ3n) is 2.95. The predicted octanol–water partition coefficient (Wildman–Crippen LogP) is 2.59. The number of allylic oxidation sites excluding steroid dienone is 1. The third kappa shape index (κ3) is 3.54. The summed E-state index contributed by atoms with van der Waals surface area (Å²) in [6.45, 7) is 0. The average Bonchev–Trinajstić information content (AvgIpc) is 2.96. The number of methoxy groups -OCH3 is 1. The number of ketones is 1. The van der Waals surface area contributed by atoms with E-state index in [1.807, 2.05) is 24.3 Å². The van der Waals surface area contributed by atoms with Crippen molar-refractivity contribution in [3.05, 3.63) is 65.3 Å². The molecule has 0 saturated heterocycles. The first-order valence-corrected chi connectivity index (χ1v) is 6.40. The largest absolute Gasteiger partial charge is 0.502 e. The van der Waals surface area contributed by atoms with Crippen LogP contribution in [-0.2, 0) is 11.2 Å². The number of carboxylic acid groups (broad SMARTS) is 1. The molecule has 0 fully saturated rings. The lowest BCUT2D eigenvalue weighted by atomic mass is 10.1. The highest BCUT2D eigenvalue weighted by Crippen LogP contribution is 2.22. The molecule has 2 N–H and O–H groups in total. The first kappa shape index (κ1) is 15.4. The van der Waals surface area contributed by atoms with Crippen LogP contribution in [0.1, 0.15) is 21.9 Å². The molecule has 2 aromatic rings. The maximum atomic E-state index is 11.7. The van der Waals surface area contributed by atoms with Crippen LogP contribution >= 0.6 is 0 Å². The highest BCUT2D eigenvalue weighted by Gasteiger charge is 2.14. The van der Waals surface area contributed by atoms with Crippen LogP contribution < -0.4 is 4.74 Å². The summed E-state index contributed by atoms with van der Waals surface area (Å²) < 4.78 is 10.6. The minimum atomic E-state index is -1.57. The Hall–Kier alpha value is -3.02. The van der Waals surface area contributed by atoms with Gasteiger partial charge in [0.15, 0.2) is 5.76 Å². The molecule has 0 radical (unpaired) electrons. The van der Waals surface area contributed by atoms with Crippen LogP contribution in [0, 0.1) is 0 Å². The molecule has 0 aliphatic heterocycles. The summed E-state index contributed by atoms with van der Waals surface area (Å²) in [6, 6.07) is 10.4. The van der Waals surface area contributed by atoms with Gasteiger partial charge < -0.3 is 19.4 Å². The first-order valence-electron chi connectivity index (χ1n) is 6.40. The topological polar surface area (TPSA) is 97.0 Å². The van der Waals surface area contributed by atoms with Crippen LogP contribution in [-0.4, -0.2) is 29.1 Å². The fourth-order valence-corrected chi connectivity index (χ4v) is 1.90. The molecule has 1 aromatic carbocycles. The van der Waals surface area contributed by atoms with Crippen LogP contribution in [0.15, 0.2) is 52.7 Å². The van der Waals surface area contributed by atoms with E-state index in [0.29, 0.717) is 24.0 Å². The van der Waals surface area contributed by atoms with Gasteiger partial charge in [0.05, 0.1) is 7.11 Å². The van der Waals surface area contributed by atoms with E-state index in [9.17, 15) is 9.59 Å². The van der Waals surface area contributed by atoms with Gasteiger partial charge in [-0.1, -0.05) is 18.2 Å². The minimum absolute atomic E-state index is 0.0438. The number of aliphatic hydroxyl groups excluding tert-OH is 1. The lowest BCUT2D eigenvalue weighted by molar-refractivity contribution is -0.135. The SMILES string of the molecule is COc1ccccc1Cc1ccc(C(=O)C=C(O)C(=O)O)o1. The second kappa shape index (κ2) is 6.62. The van der Waals surface area contributed by atoms with E-state index in [2.05, 4.69) is 0 Å². The Labute approximate surface area is 126 Å². The maximum Gasteiger partial charge on any atom is 0.371 e. The Balaban J connectivity index is 2.17. The lowest BCUT2D eigenvalue weighted by Gasteiger charge is -2.06. The van der Waals surface area contributed by atoms with E-state index in [-0.39, 0.29) is 5.76 Å². The van der Waals surface area contributed by atoms with Crippen LogP contribution in [0.4, 0.5) is 0 Å². The van der Waals surface area contributed by atoms with Crippen molar-refractivity contribution in [2.24, 2.45) is 0 Å². The van der Waals surface area contributed by atoms with Crippen LogP contribution in [0.2, 0.25) is 0 Å². The number of hydrogen-bond donors (Lipinski definition) is 2. The van der Waals surface area contributed by atoms with Gasteiger partial charge in [0.2, 0.25) is 11.5 Å². The smallest absolute Gasteiger partial charge is 0.371 e. The number of aliphatic hydroxyl groups is 1. The molecule has 0 saturated carbocycles. The standard InChI is InChI=1S/C16H14O6/c1-21-14-5-3-2-4-10(14)8-11-6-7-15(22-11)12(17)9-13(18)16(19)20/h2-7,9,18H,8H2,1H3,(H,19,20). The van der Waals surface area contributed by atoms with Gasteiger partial charge in [-0.25, -0.2) is 4.79 Å². The zero-order chi connectivity index (χ0) is 16.1. The van der Waals surface area contributed by atoms with Gasteiger partial charge in [0.25, 0.3) is 0 Å². The third-order valence-corrected chi connectivity index (χ3v) is 2.95. The first-order chi connectivity index (χ1) is 10.5. The van der Waals surface area contributed by atoms with Crippen molar-refractivity contribution in [3.8, 4) is 5.75 Å². The summed E-state index contributed by atoms with van der Waals surface area (Å²) in [6.07, 6.45) is 1.03. The van der Waals surface area contributed by atoms with E-state index >= 15 is 0 Å². The molecule has 2 rings (SSSR count). The van der Waals surface area contributed by atoms with E-state index in [0.717, 1.165) is 5.56 Å². The fraction of sp³-hybridized carbons (Fsp3) is 0.125. The van der Waals surface area contributed by atoms with Gasteiger partial charge in [-0.3, -0.25) is 4.79 Å². The number of carboxylic acids is 1. The Bertz CT molecular complexity index is 726. The van der Waals surface area contributed by atoms with E-state index in [1.165, 1.54) is 6.07 Å². The molecule has 0 amide bonds. The molecule has 22 heavy (non-hydrogen) atoms. The van der Waals surface area contributed by atoms with Crippen LogP contribution in [0.25, 0.3) is 0 Å². The quantitative estimate of drug-likeness (QED) is 0.483. The van der Waals surface area contributed by atoms with Crippen molar-refractivity contribution >= 4 is 11.8 Å². The van der Waals surface area contributed by atoms with Crippen LogP contribution in [0.3, 0.4) is 0 Å². The lowest BCUT2D eigenvalue weighted by Crippen LogP contribution is -2.03. The monoisotopic (exact) mass is 302 g/mol. The maximum absolute atomic E-state index is 11.7. The van der Waals surface area contributed by atoms with E-state index in [4.69, 9.17) is 19.4 Å². The van der Waals surface area contributed by atoms with Gasteiger partial charge in [-0.2, -0.15) is 0 Å². The second-order valence-corrected chi connectivity index (χ2v) is 4.45. The molecule has 6 nitrogen and oxygen atoms in total. The van der Waals surface area contributed by atoms with Gasteiger partial charge >= 0.3 is 5.97 Å². The molecule has 0 spiro atoms. The summed E-state index contributed by atoms with van der Waals surface area (Å²) in [5, 5.41) is 17.6. The molecule has 1 heterocycles. The predicted molar refractivity (Wildman–Crippen MR) is 77.2 cm³/mol. The number of ether oxygens (including phenoxy) is 1. The molecule has 0 bridgehead atoms. The van der Waals surface area contributed by atoms with Crippen molar-refractivity contribution in [2.75, 3.05) is 7.11 Å². The summed E-state index contributed by atoms with van der Waals surface area (Å²) in [4.78, 5) is 22.2. The Morgan fingerprint density at radius 3 is 2.59 bits per heavy atom. The number of rotatable bonds is 6. The van der Waals surface area contributed by atoms with E-state index in [1.54, 1.807) is 13.2 Å². The highest BCUT2D eigenvalue weighted by atomic mass is 16.5. The zero-order valence-corrected chi connectivity index (χ0v) is 11.8. The number of furan rings is 1. The van der Waals surface area contributed by atoms with Crippen molar-refractivity contribution in [1.29, 1.82) is 0 Å². The number of aliphatic carboxylic acids is 1. The average molecular weight is 302 g/mol. The highest BCUT2D eigenvalue weighted by molar-refractivity contribution is 6.06. The molecule has 0 atom stereocenters. The Morgan fingerprint density at radius 1 is 1.18 bits per heavy atom. The zero-order valence-electron chi connectivity index (χ0n) is 11.8. The fourth-order valence-electron chi connectivity index (χ4n) is 1.90.